The predicted molar refractivity (Wildman–Crippen MR) is 120 cm³/mol. The summed E-state index contributed by atoms with van der Waals surface area (Å²) in [7, 11) is 0. The highest BCUT2D eigenvalue weighted by atomic mass is 19.4. The Labute approximate surface area is 190 Å². The third kappa shape index (κ3) is 5.03. The number of aliphatic hydroxyl groups is 1. The number of nitrogens with one attached hydrogen (secondary N) is 1. The fourth-order valence-corrected chi connectivity index (χ4v) is 4.17. The number of benzene rings is 2. The number of amides is 1. The molecule has 4 rings (SSSR count). The molecule has 2 aromatic rings. The number of carbonyl (C=O) groups excluding carboxylic acids is 1. The normalized spacial score (nSPS) is 17.8. The van der Waals surface area contributed by atoms with E-state index in [1.807, 2.05) is 43.0 Å². The number of hydrogen-bond donors (Lipinski definition) is 2. The Morgan fingerprint density at radius 3 is 2.61 bits per heavy atom. The molecule has 0 spiro atoms. The summed E-state index contributed by atoms with van der Waals surface area (Å²) in [6.07, 6.45) is -3.91. The van der Waals surface area contributed by atoms with Crippen molar-refractivity contribution >= 4 is 23.0 Å². The largest absolute Gasteiger partial charge is 0.484 e. The van der Waals surface area contributed by atoms with Crippen molar-refractivity contribution in [2.45, 2.75) is 32.0 Å². The number of fused-ring (bicyclic) bond motifs is 1. The van der Waals surface area contributed by atoms with Gasteiger partial charge in [-0.2, -0.15) is 13.2 Å². The number of hydrogen-bond acceptors (Lipinski definition) is 5. The first-order chi connectivity index (χ1) is 15.6. The third-order valence-corrected chi connectivity index (χ3v) is 5.90. The van der Waals surface area contributed by atoms with Crippen LogP contribution in [0, 0.1) is 5.92 Å². The van der Waals surface area contributed by atoms with Crippen molar-refractivity contribution in [3.63, 3.8) is 0 Å². The van der Waals surface area contributed by atoms with E-state index < -0.39 is 17.3 Å². The second-order valence-electron chi connectivity index (χ2n) is 9.12. The van der Waals surface area contributed by atoms with Gasteiger partial charge in [-0.1, -0.05) is 6.07 Å². The van der Waals surface area contributed by atoms with Crippen LogP contribution in [0.15, 0.2) is 42.5 Å². The minimum Gasteiger partial charge on any atom is -0.484 e. The van der Waals surface area contributed by atoms with Gasteiger partial charge in [0.2, 0.25) is 5.91 Å². The SMILES string of the molecule is CC1(C)CN(c2cccc(N3CC(C(=O)NCCCO)C3)c2)c2ccc(C(F)(F)F)cc2O1. The van der Waals surface area contributed by atoms with Crippen LogP contribution in [0.1, 0.15) is 25.8 Å². The molecule has 6 nitrogen and oxygen atoms in total. The maximum Gasteiger partial charge on any atom is 0.416 e. The van der Waals surface area contributed by atoms with Gasteiger partial charge in [-0.05, 0) is 56.7 Å². The van der Waals surface area contributed by atoms with Crippen LogP contribution >= 0.6 is 0 Å². The molecule has 1 saturated heterocycles. The van der Waals surface area contributed by atoms with Crippen LogP contribution < -0.4 is 19.9 Å². The fraction of sp³-hybridized carbons (Fsp3) is 0.458. The minimum atomic E-state index is -4.44. The molecule has 2 N–H and O–H groups in total. The van der Waals surface area contributed by atoms with Gasteiger partial charge in [0, 0.05) is 37.6 Å². The van der Waals surface area contributed by atoms with Gasteiger partial charge in [-0.3, -0.25) is 4.79 Å². The van der Waals surface area contributed by atoms with Crippen LogP contribution in [0.3, 0.4) is 0 Å². The summed E-state index contributed by atoms with van der Waals surface area (Å²) in [6, 6.07) is 11.4. The molecule has 0 aromatic heterocycles. The summed E-state index contributed by atoms with van der Waals surface area (Å²) >= 11 is 0. The topological polar surface area (TPSA) is 65.0 Å². The summed E-state index contributed by atoms with van der Waals surface area (Å²) in [4.78, 5) is 16.2. The molecule has 0 atom stereocenters. The van der Waals surface area contributed by atoms with Crippen molar-refractivity contribution in [1.29, 1.82) is 0 Å². The number of halogens is 3. The maximum atomic E-state index is 13.2. The number of rotatable bonds is 6. The molecule has 0 unspecified atom stereocenters. The van der Waals surface area contributed by atoms with E-state index in [2.05, 4.69) is 10.2 Å². The lowest BCUT2D eigenvalue weighted by Crippen LogP contribution is -2.54. The molecule has 2 aliphatic rings. The monoisotopic (exact) mass is 463 g/mol. The zero-order valence-electron chi connectivity index (χ0n) is 18.7. The van der Waals surface area contributed by atoms with Gasteiger partial charge in [-0.15, -0.1) is 0 Å². The van der Waals surface area contributed by atoms with Crippen LogP contribution in [0.2, 0.25) is 0 Å². The molecule has 9 heteroatoms. The molecule has 2 aliphatic heterocycles. The van der Waals surface area contributed by atoms with Gasteiger partial charge in [0.1, 0.15) is 11.4 Å². The highest BCUT2D eigenvalue weighted by Gasteiger charge is 2.37. The third-order valence-electron chi connectivity index (χ3n) is 5.90. The van der Waals surface area contributed by atoms with E-state index in [9.17, 15) is 18.0 Å². The van der Waals surface area contributed by atoms with Gasteiger partial charge in [0.25, 0.3) is 0 Å². The van der Waals surface area contributed by atoms with E-state index in [4.69, 9.17) is 9.84 Å². The van der Waals surface area contributed by atoms with Crippen molar-refractivity contribution in [1.82, 2.24) is 5.32 Å². The predicted octanol–water partition coefficient (Wildman–Crippen LogP) is 3.95. The van der Waals surface area contributed by atoms with E-state index >= 15 is 0 Å². The van der Waals surface area contributed by atoms with Crippen LogP contribution in [-0.2, 0) is 11.0 Å². The average Bonchev–Trinajstić information content (AvgIpc) is 2.71. The van der Waals surface area contributed by atoms with Crippen LogP contribution in [-0.4, -0.2) is 49.4 Å². The smallest absolute Gasteiger partial charge is 0.416 e. The van der Waals surface area contributed by atoms with Gasteiger partial charge in [0.05, 0.1) is 23.7 Å². The molecule has 0 aliphatic carbocycles. The van der Waals surface area contributed by atoms with Crippen molar-refractivity contribution < 1.29 is 27.8 Å². The van der Waals surface area contributed by atoms with Crippen LogP contribution in [0.25, 0.3) is 0 Å². The van der Waals surface area contributed by atoms with E-state index in [-0.39, 0.29) is 24.2 Å². The molecular formula is C24H28F3N3O3. The molecule has 0 bridgehead atoms. The van der Waals surface area contributed by atoms with Crippen LogP contribution in [0.4, 0.5) is 30.2 Å². The standard InChI is InChI=1S/C24H28F3N3O3/c1-23(2)15-30(20-8-7-17(24(25,26)27)11-21(20)33-23)19-6-3-5-18(12-19)29-13-16(14-29)22(32)28-9-4-10-31/h3,5-8,11-12,16,31H,4,9-10,13-15H2,1-2H3,(H,28,32). The molecular weight excluding hydrogens is 435 g/mol. The van der Waals surface area contributed by atoms with Gasteiger partial charge >= 0.3 is 6.18 Å². The Hall–Kier alpha value is -2.94. The molecule has 0 radical (unpaired) electrons. The Balaban J connectivity index is 1.53. The number of alkyl halides is 3. The highest BCUT2D eigenvalue weighted by molar-refractivity contribution is 5.82. The number of anilines is 3. The van der Waals surface area contributed by atoms with Crippen molar-refractivity contribution in [3.8, 4) is 5.75 Å². The van der Waals surface area contributed by atoms with E-state index in [1.54, 1.807) is 0 Å². The van der Waals surface area contributed by atoms with Crippen LogP contribution in [0.5, 0.6) is 5.75 Å². The van der Waals surface area contributed by atoms with Crippen molar-refractivity contribution in [2.75, 3.05) is 42.6 Å². The van der Waals surface area contributed by atoms with Gasteiger partial charge in [-0.25, -0.2) is 0 Å². The Morgan fingerprint density at radius 2 is 1.91 bits per heavy atom. The minimum absolute atomic E-state index is 0.0137. The summed E-state index contributed by atoms with van der Waals surface area (Å²) in [5, 5.41) is 11.7. The fourth-order valence-electron chi connectivity index (χ4n) is 4.17. The summed E-state index contributed by atoms with van der Waals surface area (Å²) in [6.45, 7) is 5.87. The number of carbonyl (C=O) groups is 1. The van der Waals surface area contributed by atoms with E-state index in [0.717, 1.165) is 23.5 Å². The number of nitrogens with zero attached hydrogens (tertiary/aromatic N) is 2. The molecule has 33 heavy (non-hydrogen) atoms. The average molecular weight is 464 g/mol. The molecule has 2 aromatic carbocycles. The lowest BCUT2D eigenvalue weighted by molar-refractivity contribution is -0.137. The Morgan fingerprint density at radius 1 is 1.18 bits per heavy atom. The quantitative estimate of drug-likeness (QED) is 0.636. The number of ether oxygens (including phenoxy) is 1. The van der Waals surface area contributed by atoms with E-state index in [1.165, 1.54) is 6.07 Å². The molecule has 2 heterocycles. The van der Waals surface area contributed by atoms with Gasteiger partial charge < -0.3 is 25.0 Å². The zero-order valence-corrected chi connectivity index (χ0v) is 18.7. The second kappa shape index (κ2) is 8.78. The molecule has 0 saturated carbocycles. The first-order valence-electron chi connectivity index (χ1n) is 11.0. The van der Waals surface area contributed by atoms with E-state index in [0.29, 0.717) is 38.3 Å². The zero-order chi connectivity index (χ0) is 23.8. The highest BCUT2D eigenvalue weighted by Crippen LogP contribution is 2.44. The maximum absolute atomic E-state index is 13.2. The van der Waals surface area contributed by atoms with Crippen molar-refractivity contribution in [2.24, 2.45) is 5.92 Å². The number of aliphatic hydroxyl groups excluding tert-OH is 1. The molecule has 1 fully saturated rings. The molecule has 1 amide bonds. The summed E-state index contributed by atoms with van der Waals surface area (Å²) in [5.74, 6) is 0.0893. The van der Waals surface area contributed by atoms with Crippen molar-refractivity contribution in [3.05, 3.63) is 48.0 Å². The first-order valence-corrected chi connectivity index (χ1v) is 11.0. The lowest BCUT2D eigenvalue weighted by Gasteiger charge is -2.42. The summed E-state index contributed by atoms with van der Waals surface area (Å²) < 4.78 is 45.5. The molecule has 178 valence electrons. The summed E-state index contributed by atoms with van der Waals surface area (Å²) in [5.41, 5.74) is 0.966. The lowest BCUT2D eigenvalue weighted by atomic mass is 9.97. The second-order valence-corrected chi connectivity index (χ2v) is 9.12. The first kappa shape index (κ1) is 23.2. The van der Waals surface area contributed by atoms with Gasteiger partial charge in [0.15, 0.2) is 0 Å². The Bertz CT molecular complexity index is 1020. The Kier molecular flexibility index (Phi) is 6.18.